The second-order valence-corrected chi connectivity index (χ2v) is 3.45. The van der Waals surface area contributed by atoms with E-state index in [4.69, 9.17) is 5.41 Å². The maximum absolute atomic E-state index is 12.7. The van der Waals surface area contributed by atoms with Crippen LogP contribution < -0.4 is 10.6 Å². The van der Waals surface area contributed by atoms with E-state index in [1.54, 1.807) is 0 Å². The molecule has 0 heterocycles. The molecule has 3 N–H and O–H groups in total. The molecule has 0 spiro atoms. The smallest absolute Gasteiger partial charge is 0.332 e. The third-order valence-corrected chi connectivity index (χ3v) is 2.24. The van der Waals surface area contributed by atoms with Crippen LogP contribution in [0.25, 0.3) is 0 Å². The van der Waals surface area contributed by atoms with Gasteiger partial charge < -0.3 is 10.7 Å². The van der Waals surface area contributed by atoms with Gasteiger partial charge in [-0.2, -0.15) is 13.2 Å². The summed E-state index contributed by atoms with van der Waals surface area (Å²) in [6.07, 6.45) is -4.51. The summed E-state index contributed by atoms with van der Waals surface area (Å²) in [4.78, 5) is 11.7. The molecule has 1 aromatic rings. The van der Waals surface area contributed by atoms with Gasteiger partial charge in [0, 0.05) is 6.21 Å². The molecular formula is C11H12F3N3O. The quantitative estimate of drug-likeness (QED) is 0.568. The lowest BCUT2D eigenvalue weighted by Gasteiger charge is -2.16. The number of hydrogen-bond donors (Lipinski definition) is 3. The number of hydrogen-bond acceptors (Lipinski definition) is 3. The van der Waals surface area contributed by atoms with Crippen LogP contribution in [0.3, 0.4) is 0 Å². The van der Waals surface area contributed by atoms with Crippen LogP contribution in [0.5, 0.6) is 0 Å². The number of nitrogens with one attached hydrogen (secondary N) is 3. The summed E-state index contributed by atoms with van der Waals surface area (Å²) in [5.74, 6) is -0.884. The van der Waals surface area contributed by atoms with E-state index in [2.05, 4.69) is 10.6 Å². The molecule has 0 fully saturated rings. The minimum Gasteiger partial charge on any atom is -0.332 e. The lowest BCUT2D eigenvalue weighted by molar-refractivity contribution is -0.137. The fraction of sp³-hybridized carbons (Fsp3) is 0.273. The highest BCUT2D eigenvalue weighted by molar-refractivity contribution is 5.97. The van der Waals surface area contributed by atoms with E-state index in [-0.39, 0.29) is 0 Å². The Morgan fingerprint density at radius 2 is 2.00 bits per heavy atom. The monoisotopic (exact) mass is 259 g/mol. The molecule has 4 nitrogen and oxygen atoms in total. The van der Waals surface area contributed by atoms with Crippen LogP contribution in [0.1, 0.15) is 15.9 Å². The van der Waals surface area contributed by atoms with Gasteiger partial charge in [-0.1, -0.05) is 12.1 Å². The van der Waals surface area contributed by atoms with Gasteiger partial charge in [-0.3, -0.25) is 10.1 Å². The zero-order valence-electron chi connectivity index (χ0n) is 9.51. The van der Waals surface area contributed by atoms with E-state index in [1.165, 1.54) is 19.2 Å². The molecule has 0 aliphatic rings. The average molecular weight is 259 g/mol. The number of amides is 1. The maximum atomic E-state index is 12.7. The highest BCUT2D eigenvalue weighted by Crippen LogP contribution is 2.31. The lowest BCUT2D eigenvalue weighted by Crippen LogP contribution is -2.45. The molecule has 1 aromatic carbocycles. The zero-order valence-corrected chi connectivity index (χ0v) is 9.51. The van der Waals surface area contributed by atoms with Crippen molar-refractivity contribution >= 4 is 12.1 Å². The second kappa shape index (κ2) is 5.63. The van der Waals surface area contributed by atoms with Crippen molar-refractivity contribution in [2.75, 3.05) is 7.05 Å². The number of alkyl halides is 3. The van der Waals surface area contributed by atoms with E-state index in [9.17, 15) is 18.0 Å². The van der Waals surface area contributed by atoms with Crippen LogP contribution in [0.4, 0.5) is 13.2 Å². The van der Waals surface area contributed by atoms with E-state index < -0.39 is 29.4 Å². The number of carbonyl (C=O) groups excluding carboxylic acids is 1. The largest absolute Gasteiger partial charge is 0.417 e. The summed E-state index contributed by atoms with van der Waals surface area (Å²) in [5, 5.41) is 11.8. The molecular weight excluding hydrogens is 247 g/mol. The first-order valence-electron chi connectivity index (χ1n) is 5.05. The van der Waals surface area contributed by atoms with Gasteiger partial charge in [0.15, 0.2) is 0 Å². The van der Waals surface area contributed by atoms with Gasteiger partial charge in [0.05, 0.1) is 11.1 Å². The van der Waals surface area contributed by atoms with Crippen molar-refractivity contribution < 1.29 is 18.0 Å². The normalized spacial score (nSPS) is 12.9. The minimum atomic E-state index is -4.59. The third kappa shape index (κ3) is 3.30. The van der Waals surface area contributed by atoms with Crippen molar-refractivity contribution in [1.82, 2.24) is 10.6 Å². The topological polar surface area (TPSA) is 65.0 Å². The van der Waals surface area contributed by atoms with E-state index in [0.29, 0.717) is 0 Å². The Hall–Kier alpha value is -1.89. The standard InChI is InChI=1S/C11H12F3N3O/c1-16-9(6-15)17-10(18)7-4-2-3-5-8(7)11(12,13)14/h2-6,9,15-16H,1H3,(H,17,18). The van der Waals surface area contributed by atoms with E-state index in [0.717, 1.165) is 18.3 Å². The molecule has 1 unspecified atom stereocenters. The predicted molar refractivity (Wildman–Crippen MR) is 60.5 cm³/mol. The minimum absolute atomic E-state index is 0.466. The Balaban J connectivity index is 3.03. The molecule has 18 heavy (non-hydrogen) atoms. The zero-order chi connectivity index (χ0) is 13.8. The van der Waals surface area contributed by atoms with Crippen molar-refractivity contribution in [1.29, 1.82) is 5.41 Å². The number of benzene rings is 1. The summed E-state index contributed by atoms with van der Waals surface area (Å²) >= 11 is 0. The maximum Gasteiger partial charge on any atom is 0.417 e. The highest BCUT2D eigenvalue weighted by atomic mass is 19.4. The van der Waals surface area contributed by atoms with Crippen LogP contribution in [0, 0.1) is 5.41 Å². The SMILES string of the molecule is CNC(C=N)NC(=O)c1ccccc1C(F)(F)F. The summed E-state index contributed by atoms with van der Waals surface area (Å²) < 4.78 is 38.0. The molecule has 1 rings (SSSR count). The second-order valence-electron chi connectivity index (χ2n) is 3.45. The van der Waals surface area contributed by atoms with Crippen molar-refractivity contribution in [2.24, 2.45) is 0 Å². The Labute approximate surface area is 102 Å². The predicted octanol–water partition coefficient (Wildman–Crippen LogP) is 1.63. The van der Waals surface area contributed by atoms with E-state index in [1.807, 2.05) is 0 Å². The Morgan fingerprint density at radius 3 is 2.50 bits per heavy atom. The van der Waals surface area contributed by atoms with Gasteiger partial charge >= 0.3 is 6.18 Å². The molecule has 0 saturated carbocycles. The van der Waals surface area contributed by atoms with Gasteiger partial charge in [-0.05, 0) is 19.2 Å². The highest BCUT2D eigenvalue weighted by Gasteiger charge is 2.34. The first kappa shape index (κ1) is 14.2. The van der Waals surface area contributed by atoms with Crippen molar-refractivity contribution in [3.63, 3.8) is 0 Å². The van der Waals surface area contributed by atoms with Gasteiger partial charge in [-0.15, -0.1) is 0 Å². The first-order chi connectivity index (χ1) is 8.40. The summed E-state index contributed by atoms with van der Waals surface area (Å²) in [6.45, 7) is 0. The molecule has 1 amide bonds. The molecule has 0 bridgehead atoms. The fourth-order valence-corrected chi connectivity index (χ4v) is 1.34. The molecule has 0 aliphatic heterocycles. The van der Waals surface area contributed by atoms with Gasteiger partial charge in [0.25, 0.3) is 5.91 Å². The first-order valence-corrected chi connectivity index (χ1v) is 5.05. The third-order valence-electron chi connectivity index (χ3n) is 2.24. The molecule has 0 aliphatic carbocycles. The molecule has 0 aromatic heterocycles. The van der Waals surface area contributed by atoms with Gasteiger partial charge in [-0.25, -0.2) is 0 Å². The van der Waals surface area contributed by atoms with Crippen LogP contribution >= 0.6 is 0 Å². The van der Waals surface area contributed by atoms with Gasteiger partial charge in [0.2, 0.25) is 0 Å². The lowest BCUT2D eigenvalue weighted by atomic mass is 10.1. The summed E-state index contributed by atoms with van der Waals surface area (Å²) in [7, 11) is 1.48. The van der Waals surface area contributed by atoms with Crippen molar-refractivity contribution in [3.05, 3.63) is 35.4 Å². The van der Waals surface area contributed by atoms with Crippen LogP contribution in [0.15, 0.2) is 24.3 Å². The molecule has 0 radical (unpaired) electrons. The van der Waals surface area contributed by atoms with Crippen molar-refractivity contribution in [3.8, 4) is 0 Å². The Kier molecular flexibility index (Phi) is 4.43. The van der Waals surface area contributed by atoms with Crippen molar-refractivity contribution in [2.45, 2.75) is 12.3 Å². The summed E-state index contributed by atoms with van der Waals surface area (Å²) in [5.41, 5.74) is -1.46. The van der Waals surface area contributed by atoms with Crippen LogP contribution in [-0.2, 0) is 6.18 Å². The Bertz CT molecular complexity index is 445. The van der Waals surface area contributed by atoms with Gasteiger partial charge in [0.1, 0.15) is 6.17 Å². The molecule has 1 atom stereocenters. The number of halogens is 3. The summed E-state index contributed by atoms with van der Waals surface area (Å²) in [6, 6.07) is 4.50. The average Bonchev–Trinajstić information content (AvgIpc) is 2.34. The fourth-order valence-electron chi connectivity index (χ4n) is 1.34. The molecule has 7 heteroatoms. The van der Waals surface area contributed by atoms with Crippen LogP contribution in [0.2, 0.25) is 0 Å². The number of rotatable bonds is 4. The Morgan fingerprint density at radius 1 is 1.39 bits per heavy atom. The van der Waals surface area contributed by atoms with E-state index >= 15 is 0 Å². The number of carbonyl (C=O) groups is 1. The molecule has 0 saturated heterocycles. The van der Waals surface area contributed by atoms with Crippen LogP contribution in [-0.4, -0.2) is 25.3 Å². The molecule has 98 valence electrons.